The molecular weight excluding hydrogens is 171 g/mol. The molecule has 0 aliphatic carbocycles. The van der Waals surface area contributed by atoms with Gasteiger partial charge in [0.2, 0.25) is 0 Å². The fourth-order valence-corrected chi connectivity index (χ4v) is 1.11. The molecule has 66 valence electrons. The van der Waals surface area contributed by atoms with Crippen LogP contribution in [0.15, 0.2) is 30.6 Å². The van der Waals surface area contributed by atoms with E-state index < -0.39 is 5.82 Å². The van der Waals surface area contributed by atoms with E-state index in [1.165, 1.54) is 18.2 Å². The minimum absolute atomic E-state index is 0.0105. The Kier molecular flexibility index (Phi) is 1.73. The quantitative estimate of drug-likeness (QED) is 0.700. The molecule has 1 aromatic heterocycles. The summed E-state index contributed by atoms with van der Waals surface area (Å²) in [6.07, 6.45) is 3.15. The Morgan fingerprint density at radius 2 is 2.23 bits per heavy atom. The van der Waals surface area contributed by atoms with Crippen LogP contribution in [0.1, 0.15) is 0 Å². The van der Waals surface area contributed by atoms with Gasteiger partial charge in [0.05, 0.1) is 5.56 Å². The van der Waals surface area contributed by atoms with Crippen LogP contribution in [0.4, 0.5) is 4.39 Å². The molecule has 0 saturated carbocycles. The van der Waals surface area contributed by atoms with Gasteiger partial charge in [-0.05, 0) is 18.2 Å². The molecule has 4 heteroatoms. The first-order valence-corrected chi connectivity index (χ1v) is 3.75. The monoisotopic (exact) mass is 178 g/mol. The minimum Gasteiger partial charge on any atom is -0.507 e. The number of hydrogen-bond acceptors (Lipinski definition) is 2. The highest BCUT2D eigenvalue weighted by Gasteiger charge is 2.06. The van der Waals surface area contributed by atoms with Crippen LogP contribution in [0.25, 0.3) is 11.4 Å². The van der Waals surface area contributed by atoms with Crippen molar-refractivity contribution in [1.29, 1.82) is 0 Å². The molecule has 1 aromatic carbocycles. The summed E-state index contributed by atoms with van der Waals surface area (Å²) in [5.41, 5.74) is 0.366. The number of nitrogens with zero attached hydrogens (tertiary/aromatic N) is 1. The summed E-state index contributed by atoms with van der Waals surface area (Å²) >= 11 is 0. The van der Waals surface area contributed by atoms with Gasteiger partial charge in [-0.1, -0.05) is 0 Å². The van der Waals surface area contributed by atoms with E-state index in [1.54, 1.807) is 12.4 Å². The van der Waals surface area contributed by atoms with Crippen LogP contribution >= 0.6 is 0 Å². The standard InChI is InChI=1S/C9H7FN2O/c10-6-1-2-8(13)7(5-6)9-11-3-4-12-9/h1-5,13H,(H,11,12). The fourth-order valence-electron chi connectivity index (χ4n) is 1.11. The predicted molar refractivity (Wildman–Crippen MR) is 45.6 cm³/mol. The Labute approximate surface area is 73.9 Å². The molecule has 0 aliphatic rings. The molecular formula is C9H7FN2O. The van der Waals surface area contributed by atoms with Gasteiger partial charge in [-0.25, -0.2) is 9.37 Å². The lowest BCUT2D eigenvalue weighted by Crippen LogP contribution is -1.83. The van der Waals surface area contributed by atoms with Crippen molar-refractivity contribution in [2.45, 2.75) is 0 Å². The largest absolute Gasteiger partial charge is 0.507 e. The third-order valence-electron chi connectivity index (χ3n) is 1.71. The van der Waals surface area contributed by atoms with Crippen LogP contribution in [0.5, 0.6) is 5.75 Å². The molecule has 0 fully saturated rings. The second-order valence-corrected chi connectivity index (χ2v) is 2.60. The number of rotatable bonds is 1. The van der Waals surface area contributed by atoms with Gasteiger partial charge in [-0.2, -0.15) is 0 Å². The number of nitrogens with one attached hydrogen (secondary N) is 1. The first-order chi connectivity index (χ1) is 6.27. The van der Waals surface area contributed by atoms with E-state index in [4.69, 9.17) is 0 Å². The van der Waals surface area contributed by atoms with Crippen LogP contribution in [-0.4, -0.2) is 15.1 Å². The minimum atomic E-state index is -0.399. The average Bonchev–Trinajstić information content (AvgIpc) is 2.61. The van der Waals surface area contributed by atoms with Crippen molar-refractivity contribution in [2.75, 3.05) is 0 Å². The highest BCUT2D eigenvalue weighted by molar-refractivity contribution is 5.63. The molecule has 0 bridgehead atoms. The molecule has 3 nitrogen and oxygen atoms in total. The predicted octanol–water partition coefficient (Wildman–Crippen LogP) is 1.92. The van der Waals surface area contributed by atoms with E-state index in [1.807, 2.05) is 0 Å². The van der Waals surface area contributed by atoms with Gasteiger partial charge in [0, 0.05) is 12.4 Å². The lowest BCUT2D eigenvalue weighted by atomic mass is 10.2. The van der Waals surface area contributed by atoms with Crippen molar-refractivity contribution in [2.24, 2.45) is 0 Å². The van der Waals surface area contributed by atoms with Crippen molar-refractivity contribution in [3.63, 3.8) is 0 Å². The Balaban J connectivity index is 2.57. The zero-order chi connectivity index (χ0) is 9.26. The molecule has 2 N–H and O–H groups in total. The fraction of sp³-hybridized carbons (Fsp3) is 0. The third-order valence-corrected chi connectivity index (χ3v) is 1.71. The second-order valence-electron chi connectivity index (χ2n) is 2.60. The van der Waals surface area contributed by atoms with Gasteiger partial charge < -0.3 is 10.1 Å². The maximum absolute atomic E-state index is 12.8. The summed E-state index contributed by atoms with van der Waals surface area (Å²) in [6, 6.07) is 3.73. The van der Waals surface area contributed by atoms with E-state index in [-0.39, 0.29) is 5.75 Å². The zero-order valence-electron chi connectivity index (χ0n) is 6.66. The number of imidazole rings is 1. The number of halogens is 1. The Morgan fingerprint density at radius 1 is 1.38 bits per heavy atom. The summed E-state index contributed by atoms with van der Waals surface area (Å²) in [4.78, 5) is 6.69. The number of phenols is 1. The van der Waals surface area contributed by atoms with Crippen molar-refractivity contribution < 1.29 is 9.50 Å². The van der Waals surface area contributed by atoms with Crippen LogP contribution in [0.2, 0.25) is 0 Å². The van der Waals surface area contributed by atoms with Crippen molar-refractivity contribution in [3.05, 3.63) is 36.4 Å². The normalized spacial score (nSPS) is 10.2. The van der Waals surface area contributed by atoms with Gasteiger partial charge in [0.25, 0.3) is 0 Å². The second kappa shape index (κ2) is 2.90. The Hall–Kier alpha value is -1.84. The zero-order valence-corrected chi connectivity index (χ0v) is 6.66. The Morgan fingerprint density at radius 3 is 2.92 bits per heavy atom. The number of hydrogen-bond donors (Lipinski definition) is 2. The Bertz CT molecular complexity index is 412. The summed E-state index contributed by atoms with van der Waals surface area (Å²) in [6.45, 7) is 0. The molecule has 13 heavy (non-hydrogen) atoms. The lowest BCUT2D eigenvalue weighted by Gasteiger charge is -2.00. The summed E-state index contributed by atoms with van der Waals surface area (Å²) in [5.74, 6) is 0.0672. The van der Waals surface area contributed by atoms with Gasteiger partial charge in [-0.3, -0.25) is 0 Å². The molecule has 0 radical (unpaired) electrons. The van der Waals surface area contributed by atoms with Crippen LogP contribution < -0.4 is 0 Å². The molecule has 2 rings (SSSR count). The topological polar surface area (TPSA) is 48.9 Å². The number of phenolic OH excluding ortho intramolecular Hbond substituents is 1. The van der Waals surface area contributed by atoms with Gasteiger partial charge >= 0.3 is 0 Å². The number of benzene rings is 1. The number of H-pyrrole nitrogens is 1. The first-order valence-electron chi connectivity index (χ1n) is 3.75. The highest BCUT2D eigenvalue weighted by atomic mass is 19.1. The maximum Gasteiger partial charge on any atom is 0.141 e. The molecule has 0 saturated heterocycles. The van der Waals surface area contributed by atoms with Gasteiger partial charge in [0.1, 0.15) is 17.4 Å². The van der Waals surface area contributed by atoms with Crippen LogP contribution in [-0.2, 0) is 0 Å². The lowest BCUT2D eigenvalue weighted by molar-refractivity contribution is 0.475. The van der Waals surface area contributed by atoms with Crippen molar-refractivity contribution in [1.82, 2.24) is 9.97 Å². The number of aromatic hydroxyl groups is 1. The molecule has 0 spiro atoms. The maximum atomic E-state index is 12.8. The van der Waals surface area contributed by atoms with E-state index in [9.17, 15) is 9.50 Å². The van der Waals surface area contributed by atoms with Crippen LogP contribution in [0.3, 0.4) is 0 Å². The van der Waals surface area contributed by atoms with Crippen molar-refractivity contribution in [3.8, 4) is 17.1 Å². The van der Waals surface area contributed by atoms with Gasteiger partial charge in [-0.15, -0.1) is 0 Å². The smallest absolute Gasteiger partial charge is 0.141 e. The highest BCUT2D eigenvalue weighted by Crippen LogP contribution is 2.26. The molecule has 0 unspecified atom stereocenters. The first kappa shape index (κ1) is 7.79. The SMILES string of the molecule is Oc1ccc(F)cc1-c1ncc[nH]1. The van der Waals surface area contributed by atoms with Crippen molar-refractivity contribution >= 4 is 0 Å². The molecule has 1 heterocycles. The van der Waals surface area contributed by atoms with E-state index in [0.29, 0.717) is 11.4 Å². The van der Waals surface area contributed by atoms with E-state index in [0.717, 1.165) is 0 Å². The third kappa shape index (κ3) is 1.38. The summed E-state index contributed by atoms with van der Waals surface area (Å²) in [5, 5.41) is 9.38. The molecule has 0 amide bonds. The van der Waals surface area contributed by atoms with E-state index in [2.05, 4.69) is 9.97 Å². The molecule has 0 aliphatic heterocycles. The number of aromatic nitrogens is 2. The van der Waals surface area contributed by atoms with E-state index >= 15 is 0 Å². The summed E-state index contributed by atoms with van der Waals surface area (Å²) < 4.78 is 12.8. The van der Waals surface area contributed by atoms with Crippen LogP contribution in [0, 0.1) is 5.82 Å². The number of aromatic amines is 1. The van der Waals surface area contributed by atoms with Gasteiger partial charge in [0.15, 0.2) is 0 Å². The summed E-state index contributed by atoms with van der Waals surface area (Å²) in [7, 11) is 0. The molecule has 2 aromatic rings. The molecule has 0 atom stereocenters. The average molecular weight is 178 g/mol.